The number of anilines is 1. The van der Waals surface area contributed by atoms with E-state index in [0.29, 0.717) is 12.2 Å². The van der Waals surface area contributed by atoms with Gasteiger partial charge < -0.3 is 20.8 Å². The average Bonchev–Trinajstić information content (AvgIpc) is 2.33. The van der Waals surface area contributed by atoms with E-state index < -0.39 is 5.97 Å². The molecule has 4 N–H and O–H groups in total. The maximum atomic E-state index is 11.7. The Morgan fingerprint density at radius 2 is 2.05 bits per heavy atom. The first-order valence-electron chi connectivity index (χ1n) is 6.51. The summed E-state index contributed by atoms with van der Waals surface area (Å²) in [5.74, 6) is -1.59. The van der Waals surface area contributed by atoms with Gasteiger partial charge in [0, 0.05) is 18.3 Å². The Bertz CT molecular complexity index is 538. The Hall–Kier alpha value is -2.24. The van der Waals surface area contributed by atoms with E-state index in [1.807, 2.05) is 0 Å². The number of aromatic carboxylic acids is 1. The van der Waals surface area contributed by atoms with Crippen LogP contribution in [-0.2, 0) is 0 Å². The van der Waals surface area contributed by atoms with Crippen LogP contribution in [0.25, 0.3) is 0 Å². The summed E-state index contributed by atoms with van der Waals surface area (Å²) in [6.45, 7) is 2.74. The number of rotatable bonds is 4. The van der Waals surface area contributed by atoms with Gasteiger partial charge in [0.2, 0.25) is 0 Å². The van der Waals surface area contributed by atoms with Crippen LogP contribution in [0.1, 0.15) is 36.5 Å². The Labute approximate surface area is 116 Å². The molecule has 1 aliphatic rings. The van der Waals surface area contributed by atoms with Crippen LogP contribution in [0.15, 0.2) is 18.2 Å². The smallest absolute Gasteiger partial charge is 0.339 e. The first kappa shape index (κ1) is 14.2. The van der Waals surface area contributed by atoms with Gasteiger partial charge in [0.15, 0.2) is 0 Å². The molecule has 0 saturated heterocycles. The Morgan fingerprint density at radius 3 is 2.55 bits per heavy atom. The molecule has 0 aromatic heterocycles. The second-order valence-corrected chi connectivity index (χ2v) is 5.51. The number of hydrogen-bond donors (Lipinski definition) is 4. The highest BCUT2D eigenvalue weighted by molar-refractivity contribution is 5.93. The summed E-state index contributed by atoms with van der Waals surface area (Å²) in [6, 6.07) is 3.54. The van der Waals surface area contributed by atoms with Crippen molar-refractivity contribution in [2.24, 2.45) is 5.41 Å². The van der Waals surface area contributed by atoms with Crippen molar-refractivity contribution in [3.8, 4) is 5.75 Å². The zero-order valence-electron chi connectivity index (χ0n) is 11.3. The minimum absolute atomic E-state index is 0.187. The molecule has 0 atom stereocenters. The van der Waals surface area contributed by atoms with Crippen molar-refractivity contribution in [1.29, 1.82) is 0 Å². The molecular formula is C14H18N2O4. The van der Waals surface area contributed by atoms with E-state index in [9.17, 15) is 14.7 Å². The molecule has 1 aromatic rings. The number of benzene rings is 1. The van der Waals surface area contributed by atoms with Gasteiger partial charge in [-0.25, -0.2) is 9.59 Å². The summed E-state index contributed by atoms with van der Waals surface area (Å²) in [5, 5.41) is 23.7. The lowest BCUT2D eigenvalue weighted by Crippen LogP contribution is -2.41. The second kappa shape index (κ2) is 5.40. The van der Waals surface area contributed by atoms with Crippen molar-refractivity contribution in [3.05, 3.63) is 23.8 Å². The number of carbonyl (C=O) groups is 2. The monoisotopic (exact) mass is 278 g/mol. The van der Waals surface area contributed by atoms with Crippen LogP contribution in [0, 0.1) is 5.41 Å². The van der Waals surface area contributed by atoms with E-state index in [2.05, 4.69) is 17.6 Å². The molecule has 6 heteroatoms. The Balaban J connectivity index is 1.91. The molecule has 0 aliphatic heterocycles. The number of amides is 2. The summed E-state index contributed by atoms with van der Waals surface area (Å²) in [6.07, 6.45) is 3.42. The predicted octanol–water partition coefficient (Wildman–Crippen LogP) is 2.40. The first-order chi connectivity index (χ1) is 9.39. The third-order valence-electron chi connectivity index (χ3n) is 3.72. The lowest BCUT2D eigenvalue weighted by molar-refractivity contribution is 0.0694. The summed E-state index contributed by atoms with van der Waals surface area (Å²) in [5.41, 5.74) is 0.341. The SMILES string of the molecule is CC1(CNC(=O)Nc2ccc(C(=O)O)c(O)c2)CCC1. The highest BCUT2D eigenvalue weighted by atomic mass is 16.4. The van der Waals surface area contributed by atoms with Crippen molar-refractivity contribution in [1.82, 2.24) is 5.32 Å². The van der Waals surface area contributed by atoms with Crippen molar-refractivity contribution in [2.45, 2.75) is 26.2 Å². The molecular weight excluding hydrogens is 260 g/mol. The van der Waals surface area contributed by atoms with Crippen LogP contribution in [0.4, 0.5) is 10.5 Å². The molecule has 0 unspecified atom stereocenters. The zero-order chi connectivity index (χ0) is 14.8. The average molecular weight is 278 g/mol. The van der Waals surface area contributed by atoms with E-state index in [1.54, 1.807) is 0 Å². The molecule has 1 aliphatic carbocycles. The van der Waals surface area contributed by atoms with Crippen molar-refractivity contribution in [3.63, 3.8) is 0 Å². The highest BCUT2D eigenvalue weighted by Crippen LogP contribution is 2.39. The quantitative estimate of drug-likeness (QED) is 0.679. The van der Waals surface area contributed by atoms with Gasteiger partial charge in [-0.15, -0.1) is 0 Å². The number of urea groups is 1. The van der Waals surface area contributed by atoms with Crippen LogP contribution in [0.2, 0.25) is 0 Å². The van der Waals surface area contributed by atoms with E-state index in [1.165, 1.54) is 24.6 Å². The number of carboxylic acids is 1. The van der Waals surface area contributed by atoms with Crippen LogP contribution >= 0.6 is 0 Å². The van der Waals surface area contributed by atoms with Gasteiger partial charge in [-0.05, 0) is 30.4 Å². The summed E-state index contributed by atoms with van der Waals surface area (Å²) < 4.78 is 0. The van der Waals surface area contributed by atoms with Crippen molar-refractivity contribution < 1.29 is 19.8 Å². The third-order valence-corrected chi connectivity index (χ3v) is 3.72. The number of carbonyl (C=O) groups excluding carboxylic acids is 1. The van der Waals surface area contributed by atoms with Gasteiger partial charge in [-0.1, -0.05) is 13.3 Å². The molecule has 0 spiro atoms. The summed E-state index contributed by atoms with van der Waals surface area (Å²) in [7, 11) is 0. The molecule has 1 saturated carbocycles. The fourth-order valence-electron chi connectivity index (χ4n) is 2.22. The molecule has 0 radical (unpaired) electrons. The number of carboxylic acid groups (broad SMARTS) is 1. The molecule has 2 amide bonds. The fourth-order valence-corrected chi connectivity index (χ4v) is 2.22. The molecule has 0 bridgehead atoms. The van der Waals surface area contributed by atoms with Crippen molar-refractivity contribution >= 4 is 17.7 Å². The number of hydrogen-bond acceptors (Lipinski definition) is 3. The minimum atomic E-state index is -1.21. The number of phenols is 1. The Morgan fingerprint density at radius 1 is 1.35 bits per heavy atom. The second-order valence-electron chi connectivity index (χ2n) is 5.51. The van der Waals surface area contributed by atoms with Gasteiger partial charge in [-0.2, -0.15) is 0 Å². The third kappa shape index (κ3) is 3.20. The Kier molecular flexibility index (Phi) is 3.83. The van der Waals surface area contributed by atoms with E-state index >= 15 is 0 Å². The lowest BCUT2D eigenvalue weighted by atomic mass is 9.70. The fraction of sp³-hybridized carbons (Fsp3) is 0.429. The maximum absolute atomic E-state index is 11.7. The number of nitrogens with one attached hydrogen (secondary N) is 2. The van der Waals surface area contributed by atoms with Gasteiger partial charge in [0.1, 0.15) is 11.3 Å². The van der Waals surface area contributed by atoms with Gasteiger partial charge in [0.05, 0.1) is 0 Å². The van der Waals surface area contributed by atoms with E-state index in [-0.39, 0.29) is 22.8 Å². The predicted molar refractivity (Wildman–Crippen MR) is 74.0 cm³/mol. The standard InChI is InChI=1S/C14H18N2O4/c1-14(5-2-6-14)8-15-13(20)16-9-3-4-10(12(18)19)11(17)7-9/h3-4,7,17H,2,5-6,8H2,1H3,(H,18,19)(H2,15,16,20). The molecule has 1 aromatic carbocycles. The van der Waals surface area contributed by atoms with Gasteiger partial charge in [-0.3, -0.25) is 0 Å². The highest BCUT2D eigenvalue weighted by Gasteiger charge is 2.31. The van der Waals surface area contributed by atoms with Crippen LogP contribution in [0.5, 0.6) is 5.75 Å². The molecule has 2 rings (SSSR count). The molecule has 6 nitrogen and oxygen atoms in total. The van der Waals surface area contributed by atoms with Crippen molar-refractivity contribution in [2.75, 3.05) is 11.9 Å². The molecule has 0 heterocycles. The maximum Gasteiger partial charge on any atom is 0.339 e. The largest absolute Gasteiger partial charge is 0.507 e. The number of aromatic hydroxyl groups is 1. The molecule has 1 fully saturated rings. The summed E-state index contributed by atoms with van der Waals surface area (Å²) in [4.78, 5) is 22.5. The summed E-state index contributed by atoms with van der Waals surface area (Å²) >= 11 is 0. The van der Waals surface area contributed by atoms with Crippen LogP contribution < -0.4 is 10.6 Å². The first-order valence-corrected chi connectivity index (χ1v) is 6.51. The van der Waals surface area contributed by atoms with Crippen LogP contribution in [0.3, 0.4) is 0 Å². The van der Waals surface area contributed by atoms with E-state index in [0.717, 1.165) is 12.8 Å². The molecule has 108 valence electrons. The topological polar surface area (TPSA) is 98.7 Å². The minimum Gasteiger partial charge on any atom is -0.507 e. The van der Waals surface area contributed by atoms with Gasteiger partial charge >= 0.3 is 12.0 Å². The van der Waals surface area contributed by atoms with E-state index in [4.69, 9.17) is 5.11 Å². The zero-order valence-corrected chi connectivity index (χ0v) is 11.3. The van der Waals surface area contributed by atoms with Gasteiger partial charge in [0.25, 0.3) is 0 Å². The normalized spacial score (nSPS) is 16.1. The lowest BCUT2D eigenvalue weighted by Gasteiger charge is -2.38. The molecule has 20 heavy (non-hydrogen) atoms. The van der Waals surface area contributed by atoms with Crippen LogP contribution in [-0.4, -0.2) is 28.8 Å².